The number of carbonyl (C=O) groups is 2. The van der Waals surface area contributed by atoms with E-state index in [4.69, 9.17) is 19.1 Å². The van der Waals surface area contributed by atoms with Gasteiger partial charge in [0.25, 0.3) is 0 Å². The van der Waals surface area contributed by atoms with Crippen LogP contribution in [0.15, 0.2) is 12.1 Å². The van der Waals surface area contributed by atoms with Gasteiger partial charge in [0.15, 0.2) is 0 Å². The zero-order valence-corrected chi connectivity index (χ0v) is 13.7. The van der Waals surface area contributed by atoms with Crippen LogP contribution in [0.25, 0.3) is 0 Å². The molecule has 0 saturated carbocycles. The van der Waals surface area contributed by atoms with Crippen molar-refractivity contribution in [3.05, 3.63) is 29.1 Å². The van der Waals surface area contributed by atoms with E-state index in [0.717, 1.165) is 12.0 Å². The Labute approximate surface area is 143 Å². The minimum absolute atomic E-state index is 0.0706. The summed E-state index contributed by atoms with van der Waals surface area (Å²) in [6, 6.07) is 3.19. The summed E-state index contributed by atoms with van der Waals surface area (Å²) in [6.45, 7) is 2.84. The molecule has 0 radical (unpaired) electrons. The molecule has 1 saturated heterocycles. The predicted octanol–water partition coefficient (Wildman–Crippen LogP) is 1.06. The van der Waals surface area contributed by atoms with E-state index in [1.54, 1.807) is 13.0 Å². The normalized spacial score (nSPS) is 17.9. The van der Waals surface area contributed by atoms with Crippen LogP contribution in [0.4, 0.5) is 4.39 Å². The van der Waals surface area contributed by atoms with Crippen molar-refractivity contribution in [2.24, 2.45) is 0 Å². The molecule has 7 nitrogen and oxygen atoms in total. The van der Waals surface area contributed by atoms with Crippen molar-refractivity contribution in [2.75, 3.05) is 26.3 Å². The van der Waals surface area contributed by atoms with Crippen molar-refractivity contribution in [1.29, 1.82) is 0 Å². The van der Waals surface area contributed by atoms with Gasteiger partial charge in [-0.1, -0.05) is 0 Å². The summed E-state index contributed by atoms with van der Waals surface area (Å²) < 4.78 is 24.4. The van der Waals surface area contributed by atoms with Gasteiger partial charge in [-0.05, 0) is 24.1 Å². The molecule has 0 bridgehead atoms. The van der Waals surface area contributed by atoms with Crippen LogP contribution in [-0.2, 0) is 30.3 Å². The molecule has 8 heteroatoms. The first-order valence-corrected chi connectivity index (χ1v) is 7.87. The predicted molar refractivity (Wildman–Crippen MR) is 81.2 cm³/mol. The van der Waals surface area contributed by atoms with E-state index in [2.05, 4.69) is 0 Å². The number of esters is 1. The topological polar surface area (TPSA) is 90.0 Å². The van der Waals surface area contributed by atoms with Crippen LogP contribution in [0.1, 0.15) is 30.4 Å². The lowest BCUT2D eigenvalue weighted by Crippen LogP contribution is -2.32. The average Bonchev–Trinajstić information content (AvgIpc) is 3.14. The first kappa shape index (κ1) is 18.6. The van der Waals surface area contributed by atoms with Gasteiger partial charge >= 0.3 is 12.1 Å². The van der Waals surface area contributed by atoms with Crippen molar-refractivity contribution >= 4 is 18.0 Å². The number of halogens is 1. The van der Waals surface area contributed by atoms with E-state index >= 15 is 0 Å². The van der Waals surface area contributed by atoms with Gasteiger partial charge in [0.05, 0.1) is 13.2 Å². The zero-order chi connectivity index (χ0) is 18.4. The summed E-state index contributed by atoms with van der Waals surface area (Å²) in [7, 11) is 0. The Bertz CT molecular complexity index is 699. The molecule has 1 aromatic rings. The number of ether oxygens (including phenoxy) is 2. The third kappa shape index (κ3) is 4.42. The average molecular weight is 351 g/mol. The lowest BCUT2D eigenvalue weighted by Gasteiger charge is -2.16. The smallest absolute Gasteiger partial charge is 0.373 e. The number of carbonyl (C=O) groups excluding carboxylic acids is 4. The van der Waals surface area contributed by atoms with Gasteiger partial charge in [0, 0.05) is 31.4 Å². The Morgan fingerprint density at radius 3 is 2.84 bits per heavy atom. The zero-order valence-electron chi connectivity index (χ0n) is 13.7. The van der Waals surface area contributed by atoms with E-state index < -0.39 is 5.97 Å². The Kier molecular flexibility index (Phi) is 6.25. The summed E-state index contributed by atoms with van der Waals surface area (Å²) >= 11 is 0. The monoisotopic (exact) mass is 351 g/mol. The Balaban J connectivity index is 0.000000701. The minimum atomic E-state index is -0.431. The van der Waals surface area contributed by atoms with Crippen LogP contribution in [-0.4, -0.2) is 49.2 Å². The van der Waals surface area contributed by atoms with Gasteiger partial charge in [-0.15, -0.1) is 0 Å². The molecule has 3 rings (SSSR count). The fourth-order valence-corrected chi connectivity index (χ4v) is 3.03. The third-order valence-corrected chi connectivity index (χ3v) is 4.09. The number of benzene rings is 1. The van der Waals surface area contributed by atoms with Gasteiger partial charge in [-0.3, -0.25) is 9.59 Å². The van der Waals surface area contributed by atoms with Crippen LogP contribution in [0, 0.1) is 5.82 Å². The van der Waals surface area contributed by atoms with Crippen molar-refractivity contribution < 1.29 is 33.0 Å². The lowest BCUT2D eigenvalue weighted by atomic mass is 9.95. The Morgan fingerprint density at radius 2 is 2.16 bits per heavy atom. The third-order valence-electron chi connectivity index (χ3n) is 4.09. The summed E-state index contributed by atoms with van der Waals surface area (Å²) in [5.74, 6) is -0.563. The maximum absolute atomic E-state index is 14.2. The molecule has 1 aromatic carbocycles. The maximum Gasteiger partial charge on any atom is 0.373 e. The molecule has 1 atom stereocenters. The molecular formula is C17H18FNO6. The van der Waals surface area contributed by atoms with Crippen molar-refractivity contribution in [1.82, 2.24) is 4.90 Å². The standard InChI is InChI=1S/C16H18FNO4.CO2/c1-2-21-16(20)9-18-8-11(6-15(18)19)12-5-10-3-4-22-14(10)7-13(12)17;2-1-3/h5,7,11H,2-4,6,8-9H2,1H3;/t11-;/m0./s1. The first-order chi connectivity index (χ1) is 12.0. The molecule has 2 aliphatic heterocycles. The molecule has 0 spiro atoms. The van der Waals surface area contributed by atoms with Gasteiger partial charge in [-0.2, -0.15) is 9.59 Å². The first-order valence-electron chi connectivity index (χ1n) is 7.87. The largest absolute Gasteiger partial charge is 0.493 e. The number of likely N-dealkylation sites (tertiary alicyclic amines) is 1. The van der Waals surface area contributed by atoms with E-state index in [1.807, 2.05) is 0 Å². The van der Waals surface area contributed by atoms with Crippen LogP contribution in [0.3, 0.4) is 0 Å². The lowest BCUT2D eigenvalue weighted by molar-refractivity contribution is -0.191. The number of hydrogen-bond donors (Lipinski definition) is 0. The molecule has 134 valence electrons. The van der Waals surface area contributed by atoms with Crippen LogP contribution >= 0.6 is 0 Å². The van der Waals surface area contributed by atoms with E-state index in [-0.39, 0.29) is 43.4 Å². The molecule has 1 amide bonds. The fourth-order valence-electron chi connectivity index (χ4n) is 3.03. The molecule has 2 aliphatic rings. The summed E-state index contributed by atoms with van der Waals surface area (Å²) in [5, 5.41) is 0. The van der Waals surface area contributed by atoms with Crippen molar-refractivity contribution in [3.8, 4) is 5.75 Å². The number of rotatable bonds is 4. The highest BCUT2D eigenvalue weighted by molar-refractivity contribution is 5.84. The van der Waals surface area contributed by atoms with Gasteiger partial charge < -0.3 is 14.4 Å². The molecule has 0 aliphatic carbocycles. The second kappa shape index (κ2) is 8.39. The number of amides is 1. The molecular weight excluding hydrogens is 333 g/mol. The number of nitrogens with zero attached hydrogens (tertiary/aromatic N) is 1. The highest BCUT2D eigenvalue weighted by atomic mass is 19.1. The van der Waals surface area contributed by atoms with Crippen LogP contribution in [0.5, 0.6) is 5.75 Å². The van der Waals surface area contributed by atoms with E-state index in [0.29, 0.717) is 24.5 Å². The van der Waals surface area contributed by atoms with Crippen molar-refractivity contribution in [2.45, 2.75) is 25.7 Å². The minimum Gasteiger partial charge on any atom is -0.493 e. The molecule has 0 N–H and O–H groups in total. The van der Waals surface area contributed by atoms with E-state index in [1.165, 1.54) is 11.0 Å². The summed E-state index contributed by atoms with van der Waals surface area (Å²) in [4.78, 5) is 41.2. The Hall–Kier alpha value is -2.73. The maximum atomic E-state index is 14.2. The summed E-state index contributed by atoms with van der Waals surface area (Å²) in [5.41, 5.74) is 1.51. The second-order valence-corrected chi connectivity index (χ2v) is 5.64. The van der Waals surface area contributed by atoms with Gasteiger partial charge in [0.2, 0.25) is 5.91 Å². The fraction of sp³-hybridized carbons (Fsp3) is 0.471. The quantitative estimate of drug-likeness (QED) is 0.754. The SMILES string of the molecule is CCOC(=O)CN1C[C@@H](c2cc3c(cc2F)OCC3)CC1=O.O=C=O. The molecule has 0 aromatic heterocycles. The Morgan fingerprint density at radius 1 is 1.44 bits per heavy atom. The highest BCUT2D eigenvalue weighted by Gasteiger charge is 2.34. The van der Waals surface area contributed by atoms with Crippen LogP contribution in [0.2, 0.25) is 0 Å². The molecule has 0 unspecified atom stereocenters. The second-order valence-electron chi connectivity index (χ2n) is 5.64. The number of hydrogen-bond acceptors (Lipinski definition) is 6. The molecule has 1 fully saturated rings. The van der Waals surface area contributed by atoms with Gasteiger partial charge in [0.1, 0.15) is 18.1 Å². The van der Waals surface area contributed by atoms with Crippen LogP contribution < -0.4 is 4.74 Å². The highest BCUT2D eigenvalue weighted by Crippen LogP contribution is 2.35. The summed E-state index contributed by atoms with van der Waals surface area (Å²) in [6.07, 6.45) is 1.23. The molecule has 25 heavy (non-hydrogen) atoms. The molecule has 2 heterocycles. The van der Waals surface area contributed by atoms with Gasteiger partial charge in [-0.25, -0.2) is 4.39 Å². The number of fused-ring (bicyclic) bond motifs is 1. The van der Waals surface area contributed by atoms with Crippen molar-refractivity contribution in [3.63, 3.8) is 0 Å². The van der Waals surface area contributed by atoms with E-state index in [9.17, 15) is 14.0 Å².